The molecule has 1 amide bonds. The fraction of sp³-hybridized carbons (Fsp3) is 0.474. The lowest BCUT2D eigenvalue weighted by molar-refractivity contribution is -0.137. The first-order chi connectivity index (χ1) is 13.7. The summed E-state index contributed by atoms with van der Waals surface area (Å²) < 4.78 is 38.1. The highest BCUT2D eigenvalue weighted by Crippen LogP contribution is 2.32. The second kappa shape index (κ2) is 8.22. The molecule has 1 saturated carbocycles. The number of amides is 1. The normalized spacial score (nSPS) is 16.4. The molecular formula is C19H21F3N4O3. The number of nitrogens with zero attached hydrogens (tertiary/aromatic N) is 3. The Morgan fingerprint density at radius 1 is 1.17 bits per heavy atom. The number of hydrogen-bond acceptors (Lipinski definition) is 6. The predicted molar refractivity (Wildman–Crippen MR) is 97.1 cm³/mol. The SMILES string of the molecule is C[C@@H](NC(=O)c1nc(-c2ccc(C(F)(F)F)cn2)nc(O)c1O)C1CCCCC1. The lowest BCUT2D eigenvalue weighted by atomic mass is 9.84. The Balaban J connectivity index is 1.84. The monoisotopic (exact) mass is 410 g/mol. The van der Waals surface area contributed by atoms with Crippen molar-refractivity contribution in [3.05, 3.63) is 29.6 Å². The van der Waals surface area contributed by atoms with Crippen molar-refractivity contribution in [3.8, 4) is 23.1 Å². The lowest BCUT2D eigenvalue weighted by Crippen LogP contribution is -2.39. The number of carbonyl (C=O) groups excluding carboxylic acids is 1. The second-order valence-corrected chi connectivity index (χ2v) is 7.16. The van der Waals surface area contributed by atoms with Crippen molar-refractivity contribution in [3.63, 3.8) is 0 Å². The minimum Gasteiger partial charge on any atom is -0.501 e. The molecule has 7 nitrogen and oxygen atoms in total. The summed E-state index contributed by atoms with van der Waals surface area (Å²) in [6.45, 7) is 1.87. The molecule has 2 aromatic heterocycles. The Hall–Kier alpha value is -2.91. The third kappa shape index (κ3) is 4.75. The number of aromatic nitrogens is 3. The topological polar surface area (TPSA) is 108 Å². The summed E-state index contributed by atoms with van der Waals surface area (Å²) in [6.07, 6.45) is 1.38. The summed E-state index contributed by atoms with van der Waals surface area (Å²) >= 11 is 0. The molecule has 0 spiro atoms. The van der Waals surface area contributed by atoms with Crippen LogP contribution in [0.4, 0.5) is 13.2 Å². The number of rotatable bonds is 4. The van der Waals surface area contributed by atoms with E-state index in [1.807, 2.05) is 6.92 Å². The first-order valence-electron chi connectivity index (χ1n) is 9.31. The molecule has 2 heterocycles. The second-order valence-electron chi connectivity index (χ2n) is 7.16. The standard InChI is InChI=1S/C19H21F3N4O3/c1-10(11-5-3-2-4-6-11)24-17(28)14-15(27)18(29)26-16(25-14)13-8-7-12(9-23-13)19(20,21)22/h7-11,27H,2-6H2,1H3,(H,24,28)(H,25,26,29)/t10-/m1/s1. The van der Waals surface area contributed by atoms with Gasteiger partial charge in [0.1, 0.15) is 5.69 Å². The summed E-state index contributed by atoms with van der Waals surface area (Å²) in [7, 11) is 0. The molecule has 1 aliphatic carbocycles. The molecule has 0 unspecified atom stereocenters. The minimum absolute atomic E-state index is 0.0809. The molecule has 156 valence electrons. The molecule has 0 saturated heterocycles. The van der Waals surface area contributed by atoms with E-state index in [1.165, 1.54) is 6.42 Å². The molecule has 3 rings (SSSR count). The summed E-state index contributed by atoms with van der Waals surface area (Å²) in [5, 5.41) is 22.6. The smallest absolute Gasteiger partial charge is 0.417 e. The molecule has 1 aliphatic rings. The van der Waals surface area contributed by atoms with E-state index in [0.717, 1.165) is 37.8 Å². The van der Waals surface area contributed by atoms with Crippen LogP contribution in [0.3, 0.4) is 0 Å². The highest BCUT2D eigenvalue weighted by atomic mass is 19.4. The van der Waals surface area contributed by atoms with Crippen LogP contribution >= 0.6 is 0 Å². The van der Waals surface area contributed by atoms with Crippen LogP contribution in [0.5, 0.6) is 11.6 Å². The summed E-state index contributed by atoms with van der Waals surface area (Å²) in [5.74, 6) is -2.32. The van der Waals surface area contributed by atoms with Gasteiger partial charge < -0.3 is 15.5 Å². The van der Waals surface area contributed by atoms with Gasteiger partial charge in [0.25, 0.3) is 11.8 Å². The highest BCUT2D eigenvalue weighted by molar-refractivity contribution is 5.96. The predicted octanol–water partition coefficient (Wildman–Crippen LogP) is 3.67. The van der Waals surface area contributed by atoms with E-state index in [0.29, 0.717) is 12.1 Å². The maximum absolute atomic E-state index is 12.7. The van der Waals surface area contributed by atoms with Gasteiger partial charge in [-0.2, -0.15) is 18.2 Å². The largest absolute Gasteiger partial charge is 0.501 e. The number of aromatic hydroxyl groups is 2. The van der Waals surface area contributed by atoms with E-state index in [4.69, 9.17) is 0 Å². The summed E-state index contributed by atoms with van der Waals surface area (Å²) in [4.78, 5) is 23.8. The van der Waals surface area contributed by atoms with E-state index >= 15 is 0 Å². The number of nitrogens with one attached hydrogen (secondary N) is 1. The highest BCUT2D eigenvalue weighted by Gasteiger charge is 2.31. The van der Waals surface area contributed by atoms with E-state index < -0.39 is 35.0 Å². The first kappa shape index (κ1) is 20.8. The van der Waals surface area contributed by atoms with Crippen molar-refractivity contribution in [2.45, 2.75) is 51.2 Å². The Kier molecular flexibility index (Phi) is 5.90. The van der Waals surface area contributed by atoms with Gasteiger partial charge in [0.15, 0.2) is 11.5 Å². The van der Waals surface area contributed by atoms with Crippen LogP contribution in [0.2, 0.25) is 0 Å². The molecule has 0 bridgehead atoms. The van der Waals surface area contributed by atoms with Gasteiger partial charge in [-0.25, -0.2) is 4.98 Å². The van der Waals surface area contributed by atoms with Crippen LogP contribution in [-0.4, -0.2) is 37.1 Å². The van der Waals surface area contributed by atoms with Crippen molar-refractivity contribution >= 4 is 5.91 Å². The Labute approximate surface area is 165 Å². The zero-order chi connectivity index (χ0) is 21.2. The van der Waals surface area contributed by atoms with Crippen LogP contribution in [0.15, 0.2) is 18.3 Å². The summed E-state index contributed by atoms with van der Waals surface area (Å²) in [5.41, 5.74) is -1.50. The molecular weight excluding hydrogens is 389 g/mol. The fourth-order valence-corrected chi connectivity index (χ4v) is 3.44. The van der Waals surface area contributed by atoms with Crippen LogP contribution in [0, 0.1) is 5.92 Å². The van der Waals surface area contributed by atoms with Gasteiger partial charge in [-0.1, -0.05) is 19.3 Å². The van der Waals surface area contributed by atoms with Crippen molar-refractivity contribution in [2.75, 3.05) is 0 Å². The molecule has 0 aliphatic heterocycles. The molecule has 3 N–H and O–H groups in total. The van der Waals surface area contributed by atoms with Crippen molar-refractivity contribution in [1.82, 2.24) is 20.3 Å². The Bertz CT molecular complexity index is 882. The summed E-state index contributed by atoms with van der Waals surface area (Å²) in [6, 6.07) is 1.66. The first-order valence-corrected chi connectivity index (χ1v) is 9.31. The third-order valence-corrected chi connectivity index (χ3v) is 5.12. The molecule has 1 atom stereocenters. The van der Waals surface area contributed by atoms with Gasteiger partial charge in [-0.3, -0.25) is 9.78 Å². The molecule has 0 radical (unpaired) electrons. The van der Waals surface area contributed by atoms with Gasteiger partial charge >= 0.3 is 6.18 Å². The van der Waals surface area contributed by atoms with Crippen LogP contribution in [0.1, 0.15) is 55.1 Å². The Morgan fingerprint density at radius 2 is 1.86 bits per heavy atom. The molecule has 10 heteroatoms. The lowest BCUT2D eigenvalue weighted by Gasteiger charge is -2.28. The van der Waals surface area contributed by atoms with Crippen molar-refractivity contribution < 1.29 is 28.2 Å². The maximum atomic E-state index is 12.7. The number of carbonyl (C=O) groups is 1. The van der Waals surface area contributed by atoms with Gasteiger partial charge in [0.05, 0.1) is 5.56 Å². The van der Waals surface area contributed by atoms with Crippen LogP contribution < -0.4 is 5.32 Å². The maximum Gasteiger partial charge on any atom is 0.417 e. The zero-order valence-corrected chi connectivity index (χ0v) is 15.7. The molecule has 0 aromatic carbocycles. The van der Waals surface area contributed by atoms with Gasteiger partial charge in [0, 0.05) is 12.2 Å². The number of alkyl halides is 3. The van der Waals surface area contributed by atoms with E-state index in [9.17, 15) is 28.2 Å². The van der Waals surface area contributed by atoms with Crippen molar-refractivity contribution in [2.24, 2.45) is 5.92 Å². The van der Waals surface area contributed by atoms with Gasteiger partial charge in [0.2, 0.25) is 5.75 Å². The van der Waals surface area contributed by atoms with E-state index in [2.05, 4.69) is 20.3 Å². The number of hydrogen-bond donors (Lipinski definition) is 3. The van der Waals surface area contributed by atoms with Crippen LogP contribution in [0.25, 0.3) is 11.5 Å². The third-order valence-electron chi connectivity index (χ3n) is 5.12. The van der Waals surface area contributed by atoms with E-state index in [1.54, 1.807) is 0 Å². The number of halogens is 3. The Morgan fingerprint density at radius 3 is 2.45 bits per heavy atom. The number of pyridine rings is 1. The quantitative estimate of drug-likeness (QED) is 0.710. The minimum atomic E-state index is -4.55. The van der Waals surface area contributed by atoms with Gasteiger partial charge in [-0.15, -0.1) is 0 Å². The van der Waals surface area contributed by atoms with E-state index in [-0.39, 0.29) is 17.6 Å². The zero-order valence-electron chi connectivity index (χ0n) is 15.7. The average molecular weight is 410 g/mol. The van der Waals surface area contributed by atoms with Gasteiger partial charge in [-0.05, 0) is 37.8 Å². The molecule has 29 heavy (non-hydrogen) atoms. The average Bonchev–Trinajstić information content (AvgIpc) is 2.70. The fourth-order valence-electron chi connectivity index (χ4n) is 3.44. The molecule has 1 fully saturated rings. The van der Waals surface area contributed by atoms with Crippen molar-refractivity contribution in [1.29, 1.82) is 0 Å². The molecule has 2 aromatic rings. The van der Waals surface area contributed by atoms with Crippen LogP contribution in [-0.2, 0) is 6.18 Å².